The van der Waals surface area contributed by atoms with E-state index in [0.717, 1.165) is 38.2 Å². The summed E-state index contributed by atoms with van der Waals surface area (Å²) in [6.07, 6.45) is 5.61. The Morgan fingerprint density at radius 1 is 1.35 bits per heavy atom. The third kappa shape index (κ3) is 3.04. The monoisotopic (exact) mass is 239 g/mol. The molecule has 96 valence electrons. The molecule has 5 nitrogen and oxygen atoms in total. The first-order valence-corrected chi connectivity index (χ1v) is 6.48. The summed E-state index contributed by atoms with van der Waals surface area (Å²) in [4.78, 5) is 0. The van der Waals surface area contributed by atoms with Gasteiger partial charge in [0.25, 0.3) is 0 Å². The standard InChI is InChI=1S/C12H21N3O2/c1-2-6-15-11(13-14-12(15)9-16)8-10-5-3-4-7-17-10/h10,16H,2-9H2,1H3. The minimum atomic E-state index is -0.0431. The van der Waals surface area contributed by atoms with Gasteiger partial charge in [-0.15, -0.1) is 10.2 Å². The molecule has 0 radical (unpaired) electrons. The quantitative estimate of drug-likeness (QED) is 0.841. The molecule has 1 N–H and O–H groups in total. The van der Waals surface area contributed by atoms with E-state index in [0.29, 0.717) is 5.82 Å². The Morgan fingerprint density at radius 2 is 2.18 bits per heavy atom. The smallest absolute Gasteiger partial charge is 0.158 e. The van der Waals surface area contributed by atoms with Crippen LogP contribution in [0.4, 0.5) is 0 Å². The molecule has 1 saturated heterocycles. The van der Waals surface area contributed by atoms with Gasteiger partial charge in [0.1, 0.15) is 12.4 Å². The number of ether oxygens (including phenoxy) is 1. The fourth-order valence-corrected chi connectivity index (χ4v) is 2.29. The Balaban J connectivity index is 2.05. The molecular weight excluding hydrogens is 218 g/mol. The molecule has 1 aliphatic rings. The molecule has 2 heterocycles. The largest absolute Gasteiger partial charge is 0.388 e. The Kier molecular flexibility index (Phi) is 4.50. The van der Waals surface area contributed by atoms with Crippen LogP contribution in [0.2, 0.25) is 0 Å². The molecule has 0 aliphatic carbocycles. The zero-order valence-electron chi connectivity index (χ0n) is 10.4. The summed E-state index contributed by atoms with van der Waals surface area (Å²) in [6.45, 7) is 3.80. The Bertz CT molecular complexity index is 346. The van der Waals surface area contributed by atoms with E-state index in [2.05, 4.69) is 17.1 Å². The van der Waals surface area contributed by atoms with E-state index in [4.69, 9.17) is 4.74 Å². The lowest BCUT2D eigenvalue weighted by atomic mass is 10.1. The average molecular weight is 239 g/mol. The van der Waals surface area contributed by atoms with Crippen LogP contribution >= 0.6 is 0 Å². The van der Waals surface area contributed by atoms with Gasteiger partial charge in [0, 0.05) is 19.6 Å². The first-order valence-electron chi connectivity index (χ1n) is 6.48. The van der Waals surface area contributed by atoms with Crippen LogP contribution in [0.5, 0.6) is 0 Å². The molecule has 1 aliphatic heterocycles. The van der Waals surface area contributed by atoms with Crippen molar-refractivity contribution in [3.63, 3.8) is 0 Å². The molecular formula is C12H21N3O2. The van der Waals surface area contributed by atoms with E-state index in [1.54, 1.807) is 0 Å². The van der Waals surface area contributed by atoms with Crippen LogP contribution in [-0.2, 0) is 24.3 Å². The third-order valence-electron chi connectivity index (χ3n) is 3.18. The van der Waals surface area contributed by atoms with Crippen molar-refractivity contribution in [2.24, 2.45) is 0 Å². The van der Waals surface area contributed by atoms with Crippen LogP contribution in [0.1, 0.15) is 44.3 Å². The first kappa shape index (κ1) is 12.5. The van der Waals surface area contributed by atoms with Gasteiger partial charge >= 0.3 is 0 Å². The second kappa shape index (κ2) is 6.12. The number of aromatic nitrogens is 3. The lowest BCUT2D eigenvalue weighted by Gasteiger charge is -2.22. The number of aliphatic hydroxyl groups is 1. The summed E-state index contributed by atoms with van der Waals surface area (Å²) in [5, 5.41) is 17.4. The van der Waals surface area contributed by atoms with Gasteiger partial charge in [-0.25, -0.2) is 0 Å². The van der Waals surface area contributed by atoms with Crippen molar-refractivity contribution in [3.05, 3.63) is 11.6 Å². The van der Waals surface area contributed by atoms with Gasteiger partial charge in [0.2, 0.25) is 0 Å². The van der Waals surface area contributed by atoms with E-state index >= 15 is 0 Å². The number of hydrogen-bond acceptors (Lipinski definition) is 4. The highest BCUT2D eigenvalue weighted by atomic mass is 16.5. The van der Waals surface area contributed by atoms with Crippen molar-refractivity contribution in [2.75, 3.05) is 6.61 Å². The van der Waals surface area contributed by atoms with Crippen molar-refractivity contribution in [1.82, 2.24) is 14.8 Å². The predicted octanol–water partition coefficient (Wildman–Crippen LogP) is 1.29. The molecule has 1 unspecified atom stereocenters. The van der Waals surface area contributed by atoms with Gasteiger partial charge < -0.3 is 14.4 Å². The zero-order valence-corrected chi connectivity index (χ0v) is 10.4. The van der Waals surface area contributed by atoms with Gasteiger partial charge in [-0.1, -0.05) is 6.92 Å². The molecule has 1 fully saturated rings. The second-order valence-corrected chi connectivity index (χ2v) is 4.53. The minimum Gasteiger partial charge on any atom is -0.388 e. The maximum atomic E-state index is 9.21. The average Bonchev–Trinajstić information content (AvgIpc) is 2.74. The third-order valence-corrected chi connectivity index (χ3v) is 3.18. The number of aliphatic hydroxyl groups excluding tert-OH is 1. The maximum absolute atomic E-state index is 9.21. The summed E-state index contributed by atoms with van der Waals surface area (Å²) in [6, 6.07) is 0. The molecule has 17 heavy (non-hydrogen) atoms. The van der Waals surface area contributed by atoms with Gasteiger partial charge in [-0.3, -0.25) is 0 Å². The Labute approximate surface area is 102 Å². The summed E-state index contributed by atoms with van der Waals surface area (Å²) in [7, 11) is 0. The zero-order chi connectivity index (χ0) is 12.1. The van der Waals surface area contributed by atoms with Crippen LogP contribution < -0.4 is 0 Å². The molecule has 0 spiro atoms. The SMILES string of the molecule is CCCn1c(CO)nnc1CC1CCCCO1. The fourth-order valence-electron chi connectivity index (χ4n) is 2.29. The van der Waals surface area contributed by atoms with Gasteiger partial charge in [-0.05, 0) is 25.7 Å². The molecule has 0 bridgehead atoms. The highest BCUT2D eigenvalue weighted by Gasteiger charge is 2.19. The Morgan fingerprint density at radius 3 is 2.82 bits per heavy atom. The maximum Gasteiger partial charge on any atom is 0.158 e. The molecule has 1 aromatic rings. The summed E-state index contributed by atoms with van der Waals surface area (Å²) < 4.78 is 7.74. The number of hydrogen-bond donors (Lipinski definition) is 1. The highest BCUT2D eigenvalue weighted by molar-refractivity contribution is 4.97. The molecule has 5 heteroatoms. The summed E-state index contributed by atoms with van der Waals surface area (Å²) in [5.41, 5.74) is 0. The molecule has 0 amide bonds. The van der Waals surface area contributed by atoms with Gasteiger partial charge in [0.05, 0.1) is 6.10 Å². The van der Waals surface area contributed by atoms with Crippen molar-refractivity contribution >= 4 is 0 Å². The number of rotatable bonds is 5. The molecule has 2 rings (SSSR count). The molecule has 1 atom stereocenters. The minimum absolute atomic E-state index is 0.0431. The van der Waals surface area contributed by atoms with Crippen molar-refractivity contribution in [1.29, 1.82) is 0 Å². The van der Waals surface area contributed by atoms with Crippen LogP contribution in [0.15, 0.2) is 0 Å². The van der Waals surface area contributed by atoms with E-state index in [1.165, 1.54) is 12.8 Å². The van der Waals surface area contributed by atoms with E-state index < -0.39 is 0 Å². The van der Waals surface area contributed by atoms with Gasteiger partial charge in [0.15, 0.2) is 5.82 Å². The highest BCUT2D eigenvalue weighted by Crippen LogP contribution is 2.17. The van der Waals surface area contributed by atoms with E-state index in [-0.39, 0.29) is 12.7 Å². The van der Waals surface area contributed by atoms with Crippen LogP contribution in [0.3, 0.4) is 0 Å². The summed E-state index contributed by atoms with van der Waals surface area (Å²) >= 11 is 0. The van der Waals surface area contributed by atoms with Crippen molar-refractivity contribution < 1.29 is 9.84 Å². The molecule has 0 saturated carbocycles. The lowest BCUT2D eigenvalue weighted by molar-refractivity contribution is 0.0150. The second-order valence-electron chi connectivity index (χ2n) is 4.53. The van der Waals surface area contributed by atoms with E-state index in [9.17, 15) is 5.11 Å². The first-order chi connectivity index (χ1) is 8.35. The van der Waals surface area contributed by atoms with Crippen LogP contribution in [0, 0.1) is 0 Å². The number of nitrogens with zero attached hydrogens (tertiary/aromatic N) is 3. The van der Waals surface area contributed by atoms with Crippen LogP contribution in [-0.4, -0.2) is 32.6 Å². The van der Waals surface area contributed by atoms with Crippen LogP contribution in [0.25, 0.3) is 0 Å². The predicted molar refractivity (Wildman–Crippen MR) is 63.5 cm³/mol. The van der Waals surface area contributed by atoms with Crippen molar-refractivity contribution in [3.8, 4) is 0 Å². The normalized spacial score (nSPS) is 20.7. The molecule has 0 aromatic carbocycles. The lowest BCUT2D eigenvalue weighted by Crippen LogP contribution is -2.23. The van der Waals surface area contributed by atoms with E-state index in [1.807, 2.05) is 4.57 Å². The fraction of sp³-hybridized carbons (Fsp3) is 0.833. The molecule has 1 aromatic heterocycles. The topological polar surface area (TPSA) is 60.2 Å². The Hall–Kier alpha value is -0.940. The van der Waals surface area contributed by atoms with Crippen molar-refractivity contribution in [2.45, 2.75) is 58.3 Å². The van der Waals surface area contributed by atoms with Gasteiger partial charge in [-0.2, -0.15) is 0 Å². The summed E-state index contributed by atoms with van der Waals surface area (Å²) in [5.74, 6) is 1.61.